The van der Waals surface area contributed by atoms with Crippen LogP contribution in [0.25, 0.3) is 22.0 Å². The summed E-state index contributed by atoms with van der Waals surface area (Å²) in [6.45, 7) is 7.77. The molecule has 6 bridgehead atoms. The Labute approximate surface area is 512 Å². The summed E-state index contributed by atoms with van der Waals surface area (Å²) in [6.07, 6.45) is 1.54. The summed E-state index contributed by atoms with van der Waals surface area (Å²) in [7, 11) is 2.79. The second-order valence-corrected chi connectivity index (χ2v) is 25.5. The van der Waals surface area contributed by atoms with Crippen molar-refractivity contribution in [1.82, 2.24) is 4.98 Å². The molecule has 1 aromatic heterocycles. The van der Waals surface area contributed by atoms with Crippen LogP contribution in [0.5, 0.6) is 0 Å². The number of ether oxygens (including phenoxy) is 2. The number of esters is 2. The fraction of sp³-hybridized carbons (Fsp3) is 0.247. The number of thiazole rings is 1. The fourth-order valence-electron chi connectivity index (χ4n) is 16.1. The smallest absolute Gasteiger partial charge is 0.356 e. The lowest BCUT2D eigenvalue weighted by molar-refractivity contribution is -0.151. The van der Waals surface area contributed by atoms with E-state index in [0.29, 0.717) is 41.1 Å². The van der Waals surface area contributed by atoms with E-state index < -0.39 is 34.2 Å². The third kappa shape index (κ3) is 8.71. The number of nitrogens with zero attached hydrogens (tertiary/aromatic N) is 1. The minimum Gasteiger partial charge on any atom is -0.481 e. The van der Waals surface area contributed by atoms with E-state index in [9.17, 15) is 39.0 Å². The molecule has 0 radical (unpaired) electrons. The first-order chi connectivity index (χ1) is 42.4. The number of carbonyl (C=O) groups is 6. The molecule has 18 rings (SSSR count). The van der Waals surface area contributed by atoms with E-state index in [0.717, 1.165) is 77.8 Å². The van der Waals surface area contributed by atoms with Gasteiger partial charge in [0, 0.05) is 46.5 Å². The van der Waals surface area contributed by atoms with Crippen molar-refractivity contribution in [3.8, 4) is 11.3 Å². The summed E-state index contributed by atoms with van der Waals surface area (Å²) < 4.78 is 10.1. The van der Waals surface area contributed by atoms with Crippen molar-refractivity contribution >= 4 is 63.0 Å². The molecule has 0 aliphatic heterocycles. The molecule has 15 heteroatoms. The number of aliphatic carboxylic acids is 2. The van der Waals surface area contributed by atoms with Crippen molar-refractivity contribution in [2.24, 2.45) is 22.1 Å². The van der Waals surface area contributed by atoms with Gasteiger partial charge in [0.15, 0.2) is 5.13 Å². The molecule has 9 aliphatic rings. The van der Waals surface area contributed by atoms with Gasteiger partial charge in [0.2, 0.25) is 5.91 Å². The van der Waals surface area contributed by atoms with Crippen LogP contribution in [0.2, 0.25) is 0 Å². The van der Waals surface area contributed by atoms with E-state index >= 15 is 0 Å². The van der Waals surface area contributed by atoms with E-state index in [1.165, 1.54) is 42.1 Å². The average Bonchev–Trinajstić information content (AvgIpc) is 0.735. The number of anilines is 1. The number of amides is 1. The van der Waals surface area contributed by atoms with Gasteiger partial charge in [-0.3, -0.25) is 14.4 Å². The number of carbonyl (C=O) groups excluding carboxylic acids is 4. The highest BCUT2D eigenvalue weighted by Crippen LogP contribution is 2.65. The number of nitrogens with one attached hydrogen (secondary N) is 1. The van der Waals surface area contributed by atoms with Gasteiger partial charge in [0.05, 0.1) is 52.8 Å². The van der Waals surface area contributed by atoms with Gasteiger partial charge in [0.1, 0.15) is 0 Å². The lowest BCUT2D eigenvalue weighted by Crippen LogP contribution is -2.47. The van der Waals surface area contributed by atoms with Crippen LogP contribution in [-0.2, 0) is 28.7 Å². The third-order valence-electron chi connectivity index (χ3n) is 20.0. The number of fused-ring (bicyclic) bond motifs is 4. The van der Waals surface area contributed by atoms with Crippen molar-refractivity contribution in [1.29, 1.82) is 0 Å². The summed E-state index contributed by atoms with van der Waals surface area (Å²) in [6, 6.07) is 53.4. The van der Waals surface area contributed by atoms with Crippen LogP contribution in [0.3, 0.4) is 0 Å². The van der Waals surface area contributed by atoms with Crippen molar-refractivity contribution in [3.05, 3.63) is 258 Å². The highest BCUT2D eigenvalue weighted by molar-refractivity contribution is 7.14. The molecule has 5 N–H and O–H groups in total. The van der Waals surface area contributed by atoms with Crippen molar-refractivity contribution < 1.29 is 53.3 Å². The van der Waals surface area contributed by atoms with Crippen LogP contribution in [-0.4, -0.2) is 65.2 Å². The van der Waals surface area contributed by atoms with Crippen molar-refractivity contribution in [2.45, 2.75) is 82.5 Å². The van der Waals surface area contributed by atoms with Gasteiger partial charge in [-0.05, 0) is 148 Å². The van der Waals surface area contributed by atoms with Gasteiger partial charge in [0.25, 0.3) is 0 Å². The molecule has 88 heavy (non-hydrogen) atoms. The van der Waals surface area contributed by atoms with Crippen molar-refractivity contribution in [2.75, 3.05) is 19.5 Å². The second kappa shape index (κ2) is 21.7. The summed E-state index contributed by atoms with van der Waals surface area (Å²) in [5.41, 5.74) is 14.5. The topological polar surface area (TPSA) is 222 Å². The SMILES string of the molecule is CC1(C(=O)O)CC2c3ccccc3C1c1cccc(C(=O)ON)c12.COC(=O)c1cccc2c1C1CC(C)(C(=O)Nc3nc(-c4ccc(C)c5ccccc45)cs3)C2c2ccccc21.COC(=O)c1cccc2c1C1CC(C)(C(=O)O)C2c2ccccc21. The molecular formula is C73H63N3O11S. The molecule has 0 saturated heterocycles. The van der Waals surface area contributed by atoms with Crippen LogP contribution in [0.15, 0.2) is 169 Å². The van der Waals surface area contributed by atoms with E-state index in [4.69, 9.17) is 20.4 Å². The molecule has 9 aromatic rings. The van der Waals surface area contributed by atoms with Crippen LogP contribution in [0, 0.1) is 23.2 Å². The molecule has 1 heterocycles. The number of nitrogens with two attached hydrogens (primary N) is 1. The first-order valence-electron chi connectivity index (χ1n) is 29.3. The maximum Gasteiger partial charge on any atom is 0.356 e. The Hall–Kier alpha value is -9.57. The molecule has 0 saturated carbocycles. The van der Waals surface area contributed by atoms with E-state index in [1.807, 2.05) is 116 Å². The average molecular weight is 1190 g/mol. The van der Waals surface area contributed by atoms with Gasteiger partial charge in [-0.1, -0.05) is 146 Å². The van der Waals surface area contributed by atoms with E-state index in [2.05, 4.69) is 65.6 Å². The second-order valence-electron chi connectivity index (χ2n) is 24.6. The molecule has 0 spiro atoms. The Morgan fingerprint density at radius 2 is 0.864 bits per heavy atom. The lowest BCUT2D eigenvalue weighted by atomic mass is 9.52. The number of carboxylic acids is 2. The highest BCUT2D eigenvalue weighted by atomic mass is 32.1. The van der Waals surface area contributed by atoms with Gasteiger partial charge >= 0.3 is 29.8 Å². The maximum absolute atomic E-state index is 14.1. The number of aryl methyl sites for hydroxylation is 1. The number of hydrogen-bond donors (Lipinski definition) is 4. The third-order valence-corrected chi connectivity index (χ3v) is 20.8. The minimum atomic E-state index is -0.905. The molecule has 14 nitrogen and oxygen atoms in total. The Balaban J connectivity index is 0.000000129. The van der Waals surface area contributed by atoms with Crippen LogP contribution >= 0.6 is 11.3 Å². The number of benzene rings is 8. The number of aromatic nitrogens is 1. The quantitative estimate of drug-likeness (QED) is 0.0822. The summed E-state index contributed by atoms with van der Waals surface area (Å²) in [5.74, 6) is 1.07. The van der Waals surface area contributed by atoms with Crippen molar-refractivity contribution in [3.63, 3.8) is 0 Å². The molecule has 0 fully saturated rings. The Bertz CT molecular complexity index is 4290. The van der Waals surface area contributed by atoms with Crippen LogP contribution in [0.1, 0.15) is 179 Å². The zero-order valence-corrected chi connectivity index (χ0v) is 50.1. The fourth-order valence-corrected chi connectivity index (χ4v) is 16.8. The zero-order valence-electron chi connectivity index (χ0n) is 49.3. The van der Waals surface area contributed by atoms with Gasteiger partial charge in [-0.25, -0.2) is 19.4 Å². The monoisotopic (exact) mass is 1190 g/mol. The number of hydrogen-bond acceptors (Lipinski definition) is 12. The molecular weight excluding hydrogens is 1130 g/mol. The molecule has 1 amide bonds. The molecule has 8 aromatic carbocycles. The largest absolute Gasteiger partial charge is 0.481 e. The van der Waals surface area contributed by atoms with Crippen LogP contribution in [0.4, 0.5) is 5.13 Å². The molecule has 9 unspecified atom stereocenters. The Morgan fingerprint density at radius 1 is 0.489 bits per heavy atom. The van der Waals surface area contributed by atoms with E-state index in [1.54, 1.807) is 25.1 Å². The highest BCUT2D eigenvalue weighted by Gasteiger charge is 2.58. The Kier molecular flexibility index (Phi) is 14.2. The standard InChI is InChI=1S/C34H28N2O3S.C20H18O4.C19H17NO4/c1-19-15-16-23(21-10-5-4-9-20(19)21)28-18-40-33(35-28)36-32(38)34(2)17-27-22-11-6-7-12-24(22)30(34)25-13-8-14-26(29(25)27)31(37)39-3;1-20(19(22)23)10-15-11-6-3-4-7-12(11)17(20)13-8-5-9-14(16(13)15)18(21)24-2;1-19(18(22)23)9-14-10-5-2-3-6-11(10)16(19)12-7-4-8-13(15(12)14)17(21)24-20/h4-16,18,27,30H,17H2,1-3H3,(H,35,36,38);3-9,15,17H,10H2,1-2H3,(H,22,23);2-8,14,16H,9,20H2,1H3,(H,22,23). The number of carboxylic acid groups (broad SMARTS) is 2. The van der Waals surface area contributed by atoms with E-state index in [-0.39, 0.29) is 53.4 Å². The zero-order chi connectivity index (χ0) is 61.7. The van der Waals surface area contributed by atoms with Gasteiger partial charge in [-0.15, -0.1) is 11.3 Å². The molecule has 9 aliphatic carbocycles. The maximum atomic E-state index is 14.1. The molecule has 442 valence electrons. The minimum absolute atomic E-state index is 0.0548. The molecule has 9 atom stereocenters. The summed E-state index contributed by atoms with van der Waals surface area (Å²) in [4.78, 5) is 84.6. The Morgan fingerprint density at radius 3 is 1.28 bits per heavy atom. The predicted molar refractivity (Wildman–Crippen MR) is 334 cm³/mol. The first-order valence-corrected chi connectivity index (χ1v) is 30.2. The number of rotatable bonds is 8. The predicted octanol–water partition coefficient (Wildman–Crippen LogP) is 14.0. The first kappa shape index (κ1) is 57.5. The lowest BCUT2D eigenvalue weighted by Gasteiger charge is -2.51. The summed E-state index contributed by atoms with van der Waals surface area (Å²) >= 11 is 1.44. The number of methoxy groups -OCH3 is 2. The van der Waals surface area contributed by atoms with Crippen LogP contribution < -0.4 is 11.2 Å². The summed E-state index contributed by atoms with van der Waals surface area (Å²) in [5, 5.41) is 27.9. The van der Waals surface area contributed by atoms with Gasteiger partial charge in [-0.2, -0.15) is 5.90 Å². The normalized spacial score (nSPS) is 23.8. The van der Waals surface area contributed by atoms with Gasteiger partial charge < -0.3 is 29.8 Å².